The first-order valence-corrected chi connectivity index (χ1v) is 3.95. The first-order chi connectivity index (χ1) is 5.66. The Morgan fingerprint density at radius 3 is 2.75 bits per heavy atom. The largest absolute Gasteiger partial charge is 0.363 e. The normalized spacial score (nSPS) is 9.83. The van der Waals surface area contributed by atoms with Crippen molar-refractivity contribution in [2.75, 3.05) is 0 Å². The molecule has 0 fully saturated rings. The summed E-state index contributed by atoms with van der Waals surface area (Å²) in [7, 11) is 0. The van der Waals surface area contributed by atoms with Crippen molar-refractivity contribution in [1.29, 1.82) is 0 Å². The summed E-state index contributed by atoms with van der Waals surface area (Å²) in [5, 5.41) is 3.85. The van der Waals surface area contributed by atoms with E-state index in [4.69, 9.17) is 4.52 Å². The van der Waals surface area contributed by atoms with Crippen LogP contribution in [0.1, 0.15) is 31.5 Å². The third kappa shape index (κ3) is 1.47. The fraction of sp³-hybridized carbons (Fsp3) is 0.300. The summed E-state index contributed by atoms with van der Waals surface area (Å²) in [6, 6.07) is 0. The maximum absolute atomic E-state index is 4.86. The Kier molecular flexibility index (Phi) is 2.48. The SMILES string of the molecule is C=C(CC)c1conc1C(=C)C. The molecule has 0 spiro atoms. The van der Waals surface area contributed by atoms with Gasteiger partial charge in [-0.15, -0.1) is 0 Å². The molecule has 12 heavy (non-hydrogen) atoms. The highest BCUT2D eigenvalue weighted by atomic mass is 16.5. The third-order valence-corrected chi connectivity index (χ3v) is 1.78. The highest BCUT2D eigenvalue weighted by Gasteiger charge is 2.09. The Bertz CT molecular complexity index is 309. The number of aromatic nitrogens is 1. The van der Waals surface area contributed by atoms with E-state index in [0.717, 1.165) is 28.8 Å². The van der Waals surface area contributed by atoms with E-state index in [1.165, 1.54) is 0 Å². The maximum Gasteiger partial charge on any atom is 0.131 e. The van der Waals surface area contributed by atoms with Crippen molar-refractivity contribution in [1.82, 2.24) is 5.16 Å². The number of nitrogens with zero attached hydrogens (tertiary/aromatic N) is 1. The fourth-order valence-corrected chi connectivity index (χ4v) is 0.986. The van der Waals surface area contributed by atoms with Crippen LogP contribution in [0.5, 0.6) is 0 Å². The summed E-state index contributed by atoms with van der Waals surface area (Å²) in [6.45, 7) is 11.7. The van der Waals surface area contributed by atoms with Crippen LogP contribution in [0.25, 0.3) is 11.1 Å². The highest BCUT2D eigenvalue weighted by Crippen LogP contribution is 2.23. The second kappa shape index (κ2) is 3.39. The van der Waals surface area contributed by atoms with Crippen LogP contribution in [0.2, 0.25) is 0 Å². The lowest BCUT2D eigenvalue weighted by Crippen LogP contribution is -1.85. The lowest BCUT2D eigenvalue weighted by Gasteiger charge is -1.99. The minimum atomic E-state index is 0.821. The van der Waals surface area contributed by atoms with Crippen LogP contribution in [0, 0.1) is 0 Å². The molecule has 0 bridgehead atoms. The Morgan fingerprint density at radius 1 is 1.58 bits per heavy atom. The summed E-state index contributed by atoms with van der Waals surface area (Å²) < 4.78 is 4.86. The minimum absolute atomic E-state index is 0.821. The van der Waals surface area contributed by atoms with Crippen molar-refractivity contribution in [3.63, 3.8) is 0 Å². The number of allylic oxidation sites excluding steroid dienone is 2. The van der Waals surface area contributed by atoms with Crippen LogP contribution in [-0.4, -0.2) is 5.16 Å². The van der Waals surface area contributed by atoms with Gasteiger partial charge in [0.25, 0.3) is 0 Å². The lowest BCUT2D eigenvalue weighted by molar-refractivity contribution is 0.417. The van der Waals surface area contributed by atoms with Gasteiger partial charge in [-0.1, -0.05) is 25.2 Å². The van der Waals surface area contributed by atoms with E-state index in [-0.39, 0.29) is 0 Å². The summed E-state index contributed by atoms with van der Waals surface area (Å²) in [4.78, 5) is 0. The zero-order valence-electron chi connectivity index (χ0n) is 7.55. The Labute approximate surface area is 72.6 Å². The van der Waals surface area contributed by atoms with Gasteiger partial charge < -0.3 is 4.52 Å². The molecule has 0 unspecified atom stereocenters. The molecule has 0 N–H and O–H groups in total. The fourth-order valence-electron chi connectivity index (χ4n) is 0.986. The molecular weight excluding hydrogens is 150 g/mol. The first-order valence-electron chi connectivity index (χ1n) is 3.95. The standard InChI is InChI=1S/C10H13NO/c1-5-8(4)9-6-12-11-10(9)7(2)3/h6H,2,4-5H2,1,3H3. The van der Waals surface area contributed by atoms with Gasteiger partial charge >= 0.3 is 0 Å². The third-order valence-electron chi connectivity index (χ3n) is 1.78. The number of hydrogen-bond donors (Lipinski definition) is 0. The summed E-state index contributed by atoms with van der Waals surface area (Å²) in [5.41, 5.74) is 3.74. The van der Waals surface area contributed by atoms with Crippen molar-refractivity contribution in [2.45, 2.75) is 20.3 Å². The molecule has 2 nitrogen and oxygen atoms in total. The molecule has 0 aliphatic carbocycles. The maximum atomic E-state index is 4.86. The zero-order chi connectivity index (χ0) is 9.14. The van der Waals surface area contributed by atoms with Gasteiger partial charge in [-0.05, 0) is 24.5 Å². The molecule has 0 amide bonds. The molecule has 1 heterocycles. The van der Waals surface area contributed by atoms with Crippen molar-refractivity contribution >= 4 is 11.1 Å². The van der Waals surface area contributed by atoms with E-state index in [2.05, 4.69) is 25.2 Å². The molecule has 0 saturated carbocycles. The minimum Gasteiger partial charge on any atom is -0.363 e. The van der Waals surface area contributed by atoms with Gasteiger partial charge in [0.05, 0.1) is 0 Å². The number of hydrogen-bond acceptors (Lipinski definition) is 2. The van der Waals surface area contributed by atoms with Crippen LogP contribution in [-0.2, 0) is 0 Å². The average Bonchev–Trinajstić information content (AvgIpc) is 2.50. The Balaban J connectivity index is 3.07. The first kappa shape index (κ1) is 8.78. The molecule has 0 radical (unpaired) electrons. The van der Waals surface area contributed by atoms with Gasteiger partial charge in [0.15, 0.2) is 0 Å². The van der Waals surface area contributed by atoms with Crippen LogP contribution in [0.15, 0.2) is 23.9 Å². The molecular formula is C10H13NO. The summed E-state index contributed by atoms with van der Waals surface area (Å²) >= 11 is 0. The molecule has 0 aliphatic rings. The van der Waals surface area contributed by atoms with E-state index in [0.29, 0.717) is 0 Å². The van der Waals surface area contributed by atoms with Gasteiger partial charge in [0, 0.05) is 5.56 Å². The highest BCUT2D eigenvalue weighted by molar-refractivity contribution is 5.74. The van der Waals surface area contributed by atoms with Gasteiger partial charge in [-0.2, -0.15) is 0 Å². The quantitative estimate of drug-likeness (QED) is 0.684. The predicted octanol–water partition coefficient (Wildman–Crippen LogP) is 3.13. The van der Waals surface area contributed by atoms with Crippen LogP contribution >= 0.6 is 0 Å². The molecule has 0 atom stereocenters. The summed E-state index contributed by atoms with van der Waals surface area (Å²) in [6.07, 6.45) is 2.53. The molecule has 64 valence electrons. The van der Waals surface area contributed by atoms with E-state index in [9.17, 15) is 0 Å². The van der Waals surface area contributed by atoms with Crippen LogP contribution < -0.4 is 0 Å². The molecule has 1 rings (SSSR count). The van der Waals surface area contributed by atoms with Crippen molar-refractivity contribution in [2.24, 2.45) is 0 Å². The van der Waals surface area contributed by atoms with Gasteiger partial charge in [0.1, 0.15) is 12.0 Å². The van der Waals surface area contributed by atoms with Crippen molar-refractivity contribution in [3.8, 4) is 0 Å². The number of rotatable bonds is 3. The zero-order valence-corrected chi connectivity index (χ0v) is 7.55. The Morgan fingerprint density at radius 2 is 2.25 bits per heavy atom. The second-order valence-corrected chi connectivity index (χ2v) is 2.81. The smallest absolute Gasteiger partial charge is 0.131 e. The summed E-state index contributed by atoms with van der Waals surface area (Å²) in [5.74, 6) is 0. The molecule has 0 aromatic carbocycles. The van der Waals surface area contributed by atoms with E-state index >= 15 is 0 Å². The van der Waals surface area contributed by atoms with Gasteiger partial charge in [0.2, 0.25) is 0 Å². The van der Waals surface area contributed by atoms with Crippen LogP contribution in [0.3, 0.4) is 0 Å². The molecule has 1 aromatic rings. The molecule has 1 aromatic heterocycles. The van der Waals surface area contributed by atoms with Crippen molar-refractivity contribution in [3.05, 3.63) is 30.7 Å². The van der Waals surface area contributed by atoms with Crippen molar-refractivity contribution < 1.29 is 4.52 Å². The van der Waals surface area contributed by atoms with Gasteiger partial charge in [-0.25, -0.2) is 0 Å². The topological polar surface area (TPSA) is 26.0 Å². The van der Waals surface area contributed by atoms with Gasteiger partial charge in [-0.3, -0.25) is 0 Å². The lowest BCUT2D eigenvalue weighted by atomic mass is 10.0. The monoisotopic (exact) mass is 163 g/mol. The van der Waals surface area contributed by atoms with E-state index in [1.54, 1.807) is 6.26 Å². The second-order valence-electron chi connectivity index (χ2n) is 2.81. The van der Waals surface area contributed by atoms with E-state index < -0.39 is 0 Å². The van der Waals surface area contributed by atoms with E-state index in [1.807, 2.05) is 6.92 Å². The molecule has 0 aliphatic heterocycles. The van der Waals surface area contributed by atoms with Crippen LogP contribution in [0.4, 0.5) is 0 Å². The molecule has 0 saturated heterocycles. The Hall–Kier alpha value is -1.31. The predicted molar refractivity (Wildman–Crippen MR) is 50.5 cm³/mol. The molecule has 2 heteroatoms. The average molecular weight is 163 g/mol.